The molecule has 1 aliphatic rings. The Balaban J connectivity index is 1.76. The minimum atomic E-state index is -0.0648. The first kappa shape index (κ1) is 13.8. The molecule has 0 saturated heterocycles. The molecule has 1 N–H and O–H groups in total. The molecule has 108 valence electrons. The molecule has 2 amide bonds. The summed E-state index contributed by atoms with van der Waals surface area (Å²) in [5, 5.41) is 3.76. The second kappa shape index (κ2) is 5.29. The zero-order valence-corrected chi connectivity index (χ0v) is 12.7. The van der Waals surface area contributed by atoms with Gasteiger partial charge in [-0.2, -0.15) is 0 Å². The van der Waals surface area contributed by atoms with Gasteiger partial charge in [-0.3, -0.25) is 9.59 Å². The predicted octanol–water partition coefficient (Wildman–Crippen LogP) is 2.22. The molecule has 1 aromatic carbocycles. The maximum atomic E-state index is 12.4. The Bertz CT molecular complexity index is 723. The van der Waals surface area contributed by atoms with E-state index in [1.165, 1.54) is 0 Å². The highest BCUT2D eigenvalue weighted by molar-refractivity contribution is 7.11. The van der Waals surface area contributed by atoms with Crippen molar-refractivity contribution in [1.82, 2.24) is 9.88 Å². The van der Waals surface area contributed by atoms with E-state index >= 15 is 0 Å². The minimum Gasteiger partial charge on any atom is -0.337 e. The highest BCUT2D eigenvalue weighted by Gasteiger charge is 2.20. The van der Waals surface area contributed by atoms with Crippen LogP contribution in [-0.4, -0.2) is 28.7 Å². The van der Waals surface area contributed by atoms with Crippen LogP contribution in [0.1, 0.15) is 25.8 Å². The number of carbonyl (C=O) groups excluding carboxylic acids is 2. The minimum absolute atomic E-state index is 0.0249. The van der Waals surface area contributed by atoms with E-state index in [9.17, 15) is 9.59 Å². The quantitative estimate of drug-likeness (QED) is 0.945. The van der Waals surface area contributed by atoms with Gasteiger partial charge in [0.05, 0.1) is 18.0 Å². The van der Waals surface area contributed by atoms with Gasteiger partial charge in [-0.25, -0.2) is 4.98 Å². The van der Waals surface area contributed by atoms with E-state index < -0.39 is 0 Å². The van der Waals surface area contributed by atoms with Crippen LogP contribution in [0.25, 0.3) is 0 Å². The summed E-state index contributed by atoms with van der Waals surface area (Å²) >= 11 is 1.59. The van der Waals surface area contributed by atoms with Gasteiger partial charge in [-0.15, -0.1) is 11.3 Å². The maximum absolute atomic E-state index is 12.4. The number of carbonyl (C=O) groups is 2. The number of hydrogen-bond donors (Lipinski definition) is 1. The fourth-order valence-corrected chi connectivity index (χ4v) is 3.20. The molecule has 0 fully saturated rings. The first-order valence-electron chi connectivity index (χ1n) is 6.62. The van der Waals surface area contributed by atoms with Gasteiger partial charge in [0.2, 0.25) is 5.91 Å². The summed E-state index contributed by atoms with van der Waals surface area (Å²) < 4.78 is 0. The fraction of sp³-hybridized carbons (Fsp3) is 0.267. The van der Waals surface area contributed by atoms with Crippen molar-refractivity contribution in [2.75, 3.05) is 12.4 Å². The van der Waals surface area contributed by atoms with Crippen molar-refractivity contribution in [3.63, 3.8) is 0 Å². The lowest BCUT2D eigenvalue weighted by molar-refractivity contribution is -0.115. The van der Waals surface area contributed by atoms with Gasteiger partial charge in [-0.1, -0.05) is 6.07 Å². The molecule has 1 aliphatic heterocycles. The molecule has 3 rings (SSSR count). The van der Waals surface area contributed by atoms with Crippen molar-refractivity contribution >= 4 is 28.8 Å². The third-order valence-electron chi connectivity index (χ3n) is 3.39. The summed E-state index contributed by atoms with van der Waals surface area (Å²) in [5.74, 6) is -0.0897. The van der Waals surface area contributed by atoms with Crippen LogP contribution in [0, 0.1) is 6.92 Å². The molecule has 2 heterocycles. The second-order valence-corrected chi connectivity index (χ2v) is 6.42. The number of aromatic nitrogens is 1. The molecule has 0 unspecified atom stereocenters. The van der Waals surface area contributed by atoms with E-state index in [1.54, 1.807) is 41.6 Å². The molecule has 6 heteroatoms. The first-order chi connectivity index (χ1) is 10.0. The molecule has 0 radical (unpaired) electrons. The third kappa shape index (κ3) is 2.80. The van der Waals surface area contributed by atoms with Crippen LogP contribution in [0.4, 0.5) is 5.69 Å². The Morgan fingerprint density at radius 2 is 2.29 bits per heavy atom. The number of anilines is 1. The highest BCUT2D eigenvalue weighted by atomic mass is 32.1. The number of amides is 2. The SMILES string of the molecule is Cc1ncc(CN(C)C(=O)c2ccc3c(c2)NC(=O)C3)s1. The van der Waals surface area contributed by atoms with Crippen LogP contribution < -0.4 is 5.32 Å². The average molecular weight is 301 g/mol. The van der Waals surface area contributed by atoms with Crippen molar-refractivity contribution in [3.8, 4) is 0 Å². The maximum Gasteiger partial charge on any atom is 0.253 e. The zero-order valence-electron chi connectivity index (χ0n) is 11.8. The molecular weight excluding hydrogens is 286 g/mol. The van der Waals surface area contributed by atoms with Crippen LogP contribution in [0.3, 0.4) is 0 Å². The summed E-state index contributed by atoms with van der Waals surface area (Å²) in [6.45, 7) is 2.48. The summed E-state index contributed by atoms with van der Waals surface area (Å²) in [6.07, 6.45) is 2.19. The van der Waals surface area contributed by atoms with Gasteiger partial charge >= 0.3 is 0 Å². The Kier molecular flexibility index (Phi) is 3.47. The molecule has 0 bridgehead atoms. The van der Waals surface area contributed by atoms with Crippen LogP contribution in [0.5, 0.6) is 0 Å². The monoisotopic (exact) mass is 301 g/mol. The van der Waals surface area contributed by atoms with Gasteiger partial charge < -0.3 is 10.2 Å². The van der Waals surface area contributed by atoms with Gasteiger partial charge in [0, 0.05) is 29.4 Å². The average Bonchev–Trinajstić information content (AvgIpc) is 3.01. The molecule has 2 aromatic rings. The number of fused-ring (bicyclic) bond motifs is 1. The van der Waals surface area contributed by atoms with Crippen molar-refractivity contribution in [3.05, 3.63) is 45.4 Å². The number of hydrogen-bond acceptors (Lipinski definition) is 4. The Morgan fingerprint density at radius 3 is 3.00 bits per heavy atom. The summed E-state index contributed by atoms with van der Waals surface area (Å²) in [6, 6.07) is 5.36. The number of nitrogens with zero attached hydrogens (tertiary/aromatic N) is 2. The number of thiazole rings is 1. The lowest BCUT2D eigenvalue weighted by Crippen LogP contribution is -2.25. The summed E-state index contributed by atoms with van der Waals surface area (Å²) in [7, 11) is 1.77. The van der Waals surface area contributed by atoms with Crippen molar-refractivity contribution in [2.45, 2.75) is 19.9 Å². The Labute approximate surface area is 126 Å². The second-order valence-electron chi connectivity index (χ2n) is 5.10. The van der Waals surface area contributed by atoms with Crippen LogP contribution in [0.15, 0.2) is 24.4 Å². The smallest absolute Gasteiger partial charge is 0.253 e. The van der Waals surface area contributed by atoms with E-state index in [1.807, 2.05) is 13.0 Å². The van der Waals surface area contributed by atoms with Gasteiger partial charge in [0.1, 0.15) is 0 Å². The lowest BCUT2D eigenvalue weighted by Gasteiger charge is -2.16. The summed E-state index contributed by atoms with van der Waals surface area (Å²) in [5.41, 5.74) is 2.27. The first-order valence-corrected chi connectivity index (χ1v) is 7.44. The van der Waals surface area contributed by atoms with Gasteiger partial charge in [0.25, 0.3) is 5.91 Å². The fourth-order valence-electron chi connectivity index (χ4n) is 2.35. The van der Waals surface area contributed by atoms with E-state index in [2.05, 4.69) is 10.3 Å². The van der Waals surface area contributed by atoms with E-state index in [0.717, 1.165) is 21.1 Å². The Morgan fingerprint density at radius 1 is 1.48 bits per heavy atom. The molecular formula is C15H15N3O2S. The van der Waals surface area contributed by atoms with Gasteiger partial charge in [0.15, 0.2) is 0 Å². The number of benzene rings is 1. The topological polar surface area (TPSA) is 62.3 Å². The van der Waals surface area contributed by atoms with Crippen molar-refractivity contribution in [2.24, 2.45) is 0 Å². The molecule has 0 atom stereocenters. The number of nitrogens with one attached hydrogen (secondary N) is 1. The van der Waals surface area contributed by atoms with Crippen LogP contribution in [-0.2, 0) is 17.8 Å². The molecule has 0 aliphatic carbocycles. The highest BCUT2D eigenvalue weighted by Crippen LogP contribution is 2.25. The zero-order chi connectivity index (χ0) is 15.0. The summed E-state index contributed by atoms with van der Waals surface area (Å²) in [4.78, 5) is 30.7. The van der Waals surface area contributed by atoms with Gasteiger partial charge in [-0.05, 0) is 24.6 Å². The number of aryl methyl sites for hydroxylation is 1. The third-order valence-corrected chi connectivity index (χ3v) is 4.29. The Hall–Kier alpha value is -2.21. The van der Waals surface area contributed by atoms with Crippen molar-refractivity contribution < 1.29 is 9.59 Å². The molecule has 1 aromatic heterocycles. The van der Waals surface area contributed by atoms with E-state index in [4.69, 9.17) is 0 Å². The predicted molar refractivity (Wildman–Crippen MR) is 81.4 cm³/mol. The van der Waals surface area contributed by atoms with Crippen molar-refractivity contribution in [1.29, 1.82) is 0 Å². The standard InChI is InChI=1S/C15H15N3O2S/c1-9-16-7-12(21-9)8-18(2)15(20)11-4-3-10-6-14(19)17-13(10)5-11/h3-5,7H,6,8H2,1-2H3,(H,17,19). The van der Waals surface area contributed by atoms with Crippen LogP contribution in [0.2, 0.25) is 0 Å². The van der Waals surface area contributed by atoms with E-state index in [-0.39, 0.29) is 11.8 Å². The molecule has 0 spiro atoms. The van der Waals surface area contributed by atoms with Crippen LogP contribution >= 0.6 is 11.3 Å². The largest absolute Gasteiger partial charge is 0.337 e. The molecule has 5 nitrogen and oxygen atoms in total. The number of rotatable bonds is 3. The van der Waals surface area contributed by atoms with E-state index in [0.29, 0.717) is 18.5 Å². The lowest BCUT2D eigenvalue weighted by atomic mass is 10.1. The normalized spacial score (nSPS) is 13.0. The molecule has 0 saturated carbocycles. The molecule has 21 heavy (non-hydrogen) atoms.